The molecule has 1 aromatic carbocycles. The van der Waals surface area contributed by atoms with Gasteiger partial charge in [0.25, 0.3) is 0 Å². The quantitative estimate of drug-likeness (QED) is 0.684. The molecule has 84 valence electrons. The molecule has 0 aromatic heterocycles. The van der Waals surface area contributed by atoms with Gasteiger partial charge < -0.3 is 0 Å². The van der Waals surface area contributed by atoms with Crippen molar-refractivity contribution in [2.45, 2.75) is 32.1 Å². The van der Waals surface area contributed by atoms with Gasteiger partial charge in [0.1, 0.15) is 11.6 Å². The van der Waals surface area contributed by atoms with E-state index in [9.17, 15) is 8.78 Å². The van der Waals surface area contributed by atoms with Crippen molar-refractivity contribution in [1.29, 1.82) is 0 Å². The lowest BCUT2D eigenvalue weighted by molar-refractivity contribution is 0.463. The second kappa shape index (κ2) is 5.45. The topological polar surface area (TPSA) is 0 Å². The molecule has 0 bridgehead atoms. The van der Waals surface area contributed by atoms with Crippen molar-refractivity contribution in [3.05, 3.63) is 35.4 Å². The van der Waals surface area contributed by atoms with Crippen LogP contribution in [-0.4, -0.2) is 5.38 Å². The molecule has 15 heavy (non-hydrogen) atoms. The molecule has 0 aliphatic rings. The molecule has 0 aliphatic carbocycles. The fourth-order valence-electron chi connectivity index (χ4n) is 1.62. The Balaban J connectivity index is 2.87. The Hall–Kier alpha value is -0.630. The summed E-state index contributed by atoms with van der Waals surface area (Å²) in [7, 11) is 0. The molecule has 2 atom stereocenters. The summed E-state index contributed by atoms with van der Waals surface area (Å²) in [6.07, 6.45) is 1.18. The van der Waals surface area contributed by atoms with Crippen LogP contribution in [0.3, 0.4) is 0 Å². The van der Waals surface area contributed by atoms with Crippen LogP contribution in [0.5, 0.6) is 0 Å². The molecular formula is C12H15ClF2. The van der Waals surface area contributed by atoms with Gasteiger partial charge in [-0.15, -0.1) is 11.6 Å². The summed E-state index contributed by atoms with van der Waals surface area (Å²) in [5.41, 5.74) is 0.150. The van der Waals surface area contributed by atoms with Crippen molar-refractivity contribution in [2.24, 2.45) is 5.92 Å². The monoisotopic (exact) mass is 232 g/mol. The van der Waals surface area contributed by atoms with Crippen molar-refractivity contribution in [3.63, 3.8) is 0 Å². The molecule has 0 saturated carbocycles. The third kappa shape index (κ3) is 3.16. The lowest BCUT2D eigenvalue weighted by atomic mass is 9.93. The van der Waals surface area contributed by atoms with Crippen LogP contribution in [0.15, 0.2) is 18.2 Å². The predicted octanol–water partition coefficient (Wildman–Crippen LogP) is 4.16. The molecule has 0 nitrogen and oxygen atoms in total. The van der Waals surface area contributed by atoms with E-state index < -0.39 is 11.6 Å². The fourth-order valence-corrected chi connectivity index (χ4v) is 1.89. The van der Waals surface area contributed by atoms with Gasteiger partial charge in [-0.25, -0.2) is 8.78 Å². The highest BCUT2D eigenvalue weighted by Crippen LogP contribution is 2.23. The largest absolute Gasteiger partial charge is 0.207 e. The van der Waals surface area contributed by atoms with Crippen molar-refractivity contribution in [2.75, 3.05) is 0 Å². The second-order valence-electron chi connectivity index (χ2n) is 3.75. The minimum absolute atomic E-state index is 0.0750. The molecular weight excluding hydrogens is 218 g/mol. The van der Waals surface area contributed by atoms with Gasteiger partial charge in [-0.2, -0.15) is 0 Å². The Morgan fingerprint density at radius 2 is 1.80 bits per heavy atom. The zero-order valence-corrected chi connectivity index (χ0v) is 9.69. The van der Waals surface area contributed by atoms with E-state index in [-0.39, 0.29) is 16.9 Å². The van der Waals surface area contributed by atoms with E-state index in [4.69, 9.17) is 11.6 Å². The molecule has 3 heteroatoms. The summed E-state index contributed by atoms with van der Waals surface area (Å²) in [6, 6.07) is 3.94. The highest BCUT2D eigenvalue weighted by atomic mass is 35.5. The number of hydrogen-bond acceptors (Lipinski definition) is 0. The Labute approximate surface area is 94.3 Å². The zero-order chi connectivity index (χ0) is 11.4. The molecule has 0 radical (unpaired) electrons. The van der Waals surface area contributed by atoms with Gasteiger partial charge in [0.2, 0.25) is 0 Å². The standard InChI is InChI=1S/C12H15ClF2/c1-3-9(8(2)13)7-10-11(14)5-4-6-12(10)15/h4-6,8-9H,3,7H2,1-2H3. The lowest BCUT2D eigenvalue weighted by Crippen LogP contribution is -2.15. The Morgan fingerprint density at radius 1 is 1.27 bits per heavy atom. The maximum Gasteiger partial charge on any atom is 0.129 e. The summed E-state index contributed by atoms with van der Waals surface area (Å²) in [5.74, 6) is -0.852. The fraction of sp³-hybridized carbons (Fsp3) is 0.500. The van der Waals surface area contributed by atoms with Crippen LogP contribution in [0.4, 0.5) is 8.78 Å². The minimum atomic E-state index is -0.481. The molecule has 0 heterocycles. The molecule has 0 fully saturated rings. The predicted molar refractivity (Wildman–Crippen MR) is 59.2 cm³/mol. The van der Waals surface area contributed by atoms with Gasteiger partial charge in [0.05, 0.1) is 0 Å². The van der Waals surface area contributed by atoms with E-state index in [1.807, 2.05) is 13.8 Å². The third-order valence-corrected chi connectivity index (χ3v) is 3.06. The Bertz CT molecular complexity index is 303. The summed E-state index contributed by atoms with van der Waals surface area (Å²) in [5, 5.41) is -0.0750. The number of alkyl halides is 1. The molecule has 0 aliphatic heterocycles. The van der Waals surface area contributed by atoms with Gasteiger partial charge >= 0.3 is 0 Å². The van der Waals surface area contributed by atoms with Gasteiger partial charge in [-0.1, -0.05) is 19.4 Å². The van der Waals surface area contributed by atoms with Gasteiger partial charge in [0.15, 0.2) is 0 Å². The molecule has 0 N–H and O–H groups in total. The van der Waals surface area contributed by atoms with Gasteiger partial charge in [-0.3, -0.25) is 0 Å². The normalized spacial score (nSPS) is 15.0. The first-order valence-electron chi connectivity index (χ1n) is 5.13. The molecule has 1 rings (SSSR count). The summed E-state index contributed by atoms with van der Waals surface area (Å²) >= 11 is 5.95. The highest BCUT2D eigenvalue weighted by Gasteiger charge is 2.18. The molecule has 2 unspecified atom stereocenters. The van der Waals surface area contributed by atoms with Crippen LogP contribution in [-0.2, 0) is 6.42 Å². The number of benzene rings is 1. The zero-order valence-electron chi connectivity index (χ0n) is 8.93. The van der Waals surface area contributed by atoms with Crippen LogP contribution >= 0.6 is 11.6 Å². The van der Waals surface area contributed by atoms with E-state index in [1.54, 1.807) is 0 Å². The van der Waals surface area contributed by atoms with E-state index in [0.29, 0.717) is 6.42 Å². The number of halogens is 3. The SMILES string of the molecule is CCC(Cc1c(F)cccc1F)C(C)Cl. The smallest absolute Gasteiger partial charge is 0.129 e. The van der Waals surface area contributed by atoms with Crippen molar-refractivity contribution in [1.82, 2.24) is 0 Å². The summed E-state index contributed by atoms with van der Waals surface area (Å²) in [4.78, 5) is 0. The molecule has 0 saturated heterocycles. The van der Waals surface area contributed by atoms with Crippen LogP contribution < -0.4 is 0 Å². The van der Waals surface area contributed by atoms with E-state index in [0.717, 1.165) is 6.42 Å². The Morgan fingerprint density at radius 3 is 2.20 bits per heavy atom. The van der Waals surface area contributed by atoms with E-state index in [2.05, 4.69) is 0 Å². The maximum absolute atomic E-state index is 13.3. The lowest BCUT2D eigenvalue weighted by Gasteiger charge is -2.17. The van der Waals surface area contributed by atoms with Gasteiger partial charge in [-0.05, 0) is 31.4 Å². The molecule has 0 amide bonds. The van der Waals surface area contributed by atoms with Crippen LogP contribution in [0, 0.1) is 17.6 Å². The van der Waals surface area contributed by atoms with Gasteiger partial charge in [0, 0.05) is 10.9 Å². The maximum atomic E-state index is 13.3. The Kier molecular flexibility index (Phi) is 4.52. The van der Waals surface area contributed by atoms with Crippen LogP contribution in [0.2, 0.25) is 0 Å². The van der Waals surface area contributed by atoms with Crippen molar-refractivity contribution in [3.8, 4) is 0 Å². The van der Waals surface area contributed by atoms with E-state index in [1.165, 1.54) is 18.2 Å². The van der Waals surface area contributed by atoms with Crippen molar-refractivity contribution < 1.29 is 8.78 Å². The van der Waals surface area contributed by atoms with Crippen molar-refractivity contribution >= 4 is 11.6 Å². The van der Waals surface area contributed by atoms with Crippen LogP contribution in [0.25, 0.3) is 0 Å². The summed E-state index contributed by atoms with van der Waals surface area (Å²) < 4.78 is 26.7. The first-order chi connectivity index (χ1) is 7.06. The average Bonchev–Trinajstić information content (AvgIpc) is 2.17. The molecule has 0 spiro atoms. The number of rotatable bonds is 4. The molecule has 1 aromatic rings. The first kappa shape index (κ1) is 12.4. The summed E-state index contributed by atoms with van der Waals surface area (Å²) in [6.45, 7) is 3.83. The highest BCUT2D eigenvalue weighted by molar-refractivity contribution is 6.20. The number of hydrogen-bond donors (Lipinski definition) is 0. The minimum Gasteiger partial charge on any atom is -0.207 e. The third-order valence-electron chi connectivity index (χ3n) is 2.70. The van der Waals surface area contributed by atoms with E-state index >= 15 is 0 Å². The first-order valence-corrected chi connectivity index (χ1v) is 5.56. The van der Waals surface area contributed by atoms with Crippen LogP contribution in [0.1, 0.15) is 25.8 Å². The average molecular weight is 233 g/mol. The second-order valence-corrected chi connectivity index (χ2v) is 4.44.